The Kier molecular flexibility index (Phi) is 4.55. The third-order valence-corrected chi connectivity index (χ3v) is 6.10. The number of hydrogen-bond acceptors (Lipinski definition) is 3. The van der Waals surface area contributed by atoms with Gasteiger partial charge in [0.05, 0.1) is 11.9 Å². The molecule has 0 atom stereocenters. The van der Waals surface area contributed by atoms with Crippen LogP contribution >= 0.6 is 11.6 Å². The molecule has 6 heteroatoms. The second-order valence-electron chi connectivity index (χ2n) is 7.95. The van der Waals surface area contributed by atoms with Crippen LogP contribution in [-0.4, -0.2) is 31.4 Å². The molecule has 0 spiro atoms. The van der Waals surface area contributed by atoms with Crippen molar-refractivity contribution in [2.24, 2.45) is 0 Å². The highest BCUT2D eigenvalue weighted by molar-refractivity contribution is 6.30. The molecule has 1 aromatic carbocycles. The van der Waals surface area contributed by atoms with Gasteiger partial charge in [-0.15, -0.1) is 0 Å². The van der Waals surface area contributed by atoms with Crippen LogP contribution < -0.4 is 0 Å². The summed E-state index contributed by atoms with van der Waals surface area (Å²) in [7, 11) is 0. The normalized spacial score (nSPS) is 17.3. The van der Waals surface area contributed by atoms with E-state index in [9.17, 15) is 4.79 Å². The van der Waals surface area contributed by atoms with Crippen LogP contribution in [-0.2, 0) is 6.54 Å². The molecule has 0 aliphatic heterocycles. The number of hydrogen-bond donors (Lipinski definition) is 0. The second-order valence-corrected chi connectivity index (χ2v) is 8.39. The summed E-state index contributed by atoms with van der Waals surface area (Å²) >= 11 is 6.12. The van der Waals surface area contributed by atoms with Crippen LogP contribution in [0.5, 0.6) is 0 Å². The lowest BCUT2D eigenvalue weighted by molar-refractivity contribution is 0.0729. The van der Waals surface area contributed by atoms with Crippen molar-refractivity contribution >= 4 is 28.7 Å². The Bertz CT molecular complexity index is 1020. The number of halogens is 1. The van der Waals surface area contributed by atoms with Crippen molar-refractivity contribution in [1.82, 2.24) is 19.4 Å². The first-order chi connectivity index (χ1) is 13.7. The molecule has 3 aromatic rings. The van der Waals surface area contributed by atoms with E-state index in [0.717, 1.165) is 29.6 Å². The minimum Gasteiger partial charge on any atom is -0.331 e. The summed E-state index contributed by atoms with van der Waals surface area (Å²) in [5.74, 6) is 0.0206. The third-order valence-electron chi connectivity index (χ3n) is 5.87. The third kappa shape index (κ3) is 3.39. The number of carbonyl (C=O) groups is 1. The number of carbonyl (C=O) groups excluding carboxylic acids is 1. The lowest BCUT2D eigenvalue weighted by Gasteiger charge is -2.22. The van der Waals surface area contributed by atoms with E-state index in [1.165, 1.54) is 25.7 Å². The summed E-state index contributed by atoms with van der Waals surface area (Å²) in [5, 5.41) is 0.696. The highest BCUT2D eigenvalue weighted by Gasteiger charge is 2.33. The monoisotopic (exact) mass is 394 g/mol. The molecule has 2 aliphatic carbocycles. The summed E-state index contributed by atoms with van der Waals surface area (Å²) in [6, 6.07) is 10.4. The van der Waals surface area contributed by atoms with Crippen molar-refractivity contribution in [2.75, 3.05) is 0 Å². The summed E-state index contributed by atoms with van der Waals surface area (Å²) in [4.78, 5) is 24.3. The van der Waals surface area contributed by atoms with Gasteiger partial charge in [0.15, 0.2) is 5.65 Å². The maximum atomic E-state index is 13.2. The molecule has 0 N–H and O–H groups in total. The zero-order valence-electron chi connectivity index (χ0n) is 15.7. The fourth-order valence-electron chi connectivity index (χ4n) is 4.24. The number of rotatable bonds is 5. The van der Waals surface area contributed by atoms with Gasteiger partial charge in [-0.3, -0.25) is 4.79 Å². The van der Waals surface area contributed by atoms with E-state index in [0.29, 0.717) is 29.2 Å². The van der Waals surface area contributed by atoms with Gasteiger partial charge >= 0.3 is 0 Å². The van der Waals surface area contributed by atoms with Gasteiger partial charge in [-0.2, -0.15) is 0 Å². The van der Waals surface area contributed by atoms with Crippen LogP contribution in [0, 0.1) is 0 Å². The first kappa shape index (κ1) is 17.7. The molecule has 2 aromatic heterocycles. The minimum absolute atomic E-state index is 0.0206. The zero-order valence-corrected chi connectivity index (χ0v) is 16.5. The van der Waals surface area contributed by atoms with Gasteiger partial charge in [-0.05, 0) is 49.4 Å². The second kappa shape index (κ2) is 7.21. The molecule has 0 unspecified atom stereocenters. The molecule has 1 amide bonds. The topological polar surface area (TPSA) is 51.0 Å². The van der Waals surface area contributed by atoms with E-state index < -0.39 is 0 Å². The smallest absolute Gasteiger partial charge is 0.256 e. The molecule has 5 nitrogen and oxygen atoms in total. The van der Waals surface area contributed by atoms with E-state index in [1.54, 1.807) is 6.20 Å². The predicted molar refractivity (Wildman–Crippen MR) is 109 cm³/mol. The SMILES string of the molecule is O=C(c1cnc2c(c1)ncn2C1CCCC1)N(Cc1cccc(Cl)c1)C1CC1. The standard InChI is InChI=1S/C22H23ClN4O/c23-17-5-3-4-15(10-17)13-26(19-8-9-19)22(28)16-11-20-21(24-12-16)27(14-25-20)18-6-1-2-7-18/h3-5,10-12,14,18-19H,1-2,6-9,13H2. The van der Waals surface area contributed by atoms with Crippen LogP contribution in [0.4, 0.5) is 0 Å². The van der Waals surface area contributed by atoms with Gasteiger partial charge in [-0.25, -0.2) is 9.97 Å². The van der Waals surface area contributed by atoms with Crippen LogP contribution in [0.25, 0.3) is 11.2 Å². The molecular formula is C22H23ClN4O. The molecule has 0 bridgehead atoms. The molecule has 2 heterocycles. The van der Waals surface area contributed by atoms with Crippen molar-refractivity contribution in [3.8, 4) is 0 Å². The maximum absolute atomic E-state index is 13.2. The Morgan fingerprint density at radius 3 is 2.71 bits per heavy atom. The van der Waals surface area contributed by atoms with Crippen molar-refractivity contribution in [3.05, 3.63) is 59.0 Å². The first-order valence-corrected chi connectivity index (χ1v) is 10.4. The van der Waals surface area contributed by atoms with Gasteiger partial charge < -0.3 is 9.47 Å². The number of amides is 1. The number of aromatic nitrogens is 3. The van der Waals surface area contributed by atoms with Gasteiger partial charge in [0, 0.05) is 29.8 Å². The van der Waals surface area contributed by atoms with Crippen molar-refractivity contribution < 1.29 is 4.79 Å². The highest BCUT2D eigenvalue weighted by Crippen LogP contribution is 2.33. The van der Waals surface area contributed by atoms with Crippen molar-refractivity contribution in [3.63, 3.8) is 0 Å². The number of benzene rings is 1. The first-order valence-electron chi connectivity index (χ1n) is 10.1. The Morgan fingerprint density at radius 2 is 1.96 bits per heavy atom. The van der Waals surface area contributed by atoms with Gasteiger partial charge in [0.25, 0.3) is 5.91 Å². The Balaban J connectivity index is 1.42. The molecule has 2 aliphatic rings. The fourth-order valence-corrected chi connectivity index (χ4v) is 4.45. The lowest BCUT2D eigenvalue weighted by Crippen LogP contribution is -2.32. The molecular weight excluding hydrogens is 372 g/mol. The lowest BCUT2D eigenvalue weighted by atomic mass is 10.1. The quantitative estimate of drug-likeness (QED) is 0.611. The van der Waals surface area contributed by atoms with E-state index in [-0.39, 0.29) is 5.91 Å². The molecule has 0 saturated heterocycles. The number of imidazole rings is 1. The molecule has 28 heavy (non-hydrogen) atoms. The van der Waals surface area contributed by atoms with Gasteiger partial charge in [-0.1, -0.05) is 36.6 Å². The van der Waals surface area contributed by atoms with E-state index >= 15 is 0 Å². The Labute approximate surface area is 169 Å². The molecule has 5 rings (SSSR count). The molecule has 2 fully saturated rings. The average molecular weight is 395 g/mol. The Hall–Kier alpha value is -2.40. The maximum Gasteiger partial charge on any atom is 0.256 e. The van der Waals surface area contributed by atoms with Crippen LogP contribution in [0.3, 0.4) is 0 Å². The van der Waals surface area contributed by atoms with E-state index in [4.69, 9.17) is 11.6 Å². The summed E-state index contributed by atoms with van der Waals surface area (Å²) < 4.78 is 2.18. The summed E-state index contributed by atoms with van der Waals surface area (Å²) in [6.07, 6.45) is 10.6. The molecule has 0 radical (unpaired) electrons. The number of pyridine rings is 1. The summed E-state index contributed by atoms with van der Waals surface area (Å²) in [6.45, 7) is 0.568. The number of fused-ring (bicyclic) bond motifs is 1. The Morgan fingerprint density at radius 1 is 1.14 bits per heavy atom. The average Bonchev–Trinajstić information content (AvgIpc) is 3.23. The zero-order chi connectivity index (χ0) is 19.1. The number of nitrogens with zero attached hydrogens (tertiary/aromatic N) is 4. The van der Waals surface area contributed by atoms with Gasteiger partial charge in [0.2, 0.25) is 0 Å². The minimum atomic E-state index is 0.0206. The molecule has 2 saturated carbocycles. The van der Waals surface area contributed by atoms with Gasteiger partial charge in [0.1, 0.15) is 5.52 Å². The highest BCUT2D eigenvalue weighted by atomic mass is 35.5. The van der Waals surface area contributed by atoms with Crippen LogP contribution in [0.2, 0.25) is 5.02 Å². The summed E-state index contributed by atoms with van der Waals surface area (Å²) in [5.41, 5.74) is 3.35. The fraction of sp³-hybridized carbons (Fsp3) is 0.409. The van der Waals surface area contributed by atoms with E-state index in [2.05, 4.69) is 14.5 Å². The molecule has 144 valence electrons. The van der Waals surface area contributed by atoms with Crippen molar-refractivity contribution in [1.29, 1.82) is 0 Å². The predicted octanol–water partition coefficient (Wildman–Crippen LogP) is 5.00. The van der Waals surface area contributed by atoms with Crippen molar-refractivity contribution in [2.45, 2.75) is 57.2 Å². The van der Waals surface area contributed by atoms with E-state index in [1.807, 2.05) is 41.6 Å². The van der Waals surface area contributed by atoms with Crippen LogP contribution in [0.1, 0.15) is 60.5 Å². The van der Waals surface area contributed by atoms with Crippen LogP contribution in [0.15, 0.2) is 42.9 Å². The largest absolute Gasteiger partial charge is 0.331 e.